The number of carbonyl (C=O) groups is 4. The number of amides is 3. The molecule has 150 valence electrons. The lowest BCUT2D eigenvalue weighted by Crippen LogP contribution is -2.32. The van der Waals surface area contributed by atoms with E-state index in [1.165, 1.54) is 12.1 Å². The van der Waals surface area contributed by atoms with Crippen LogP contribution in [0.1, 0.15) is 51.8 Å². The van der Waals surface area contributed by atoms with Crippen molar-refractivity contribution in [1.29, 1.82) is 0 Å². The number of ether oxygens (including phenoxy) is 1. The van der Waals surface area contributed by atoms with Crippen molar-refractivity contribution in [2.24, 2.45) is 0 Å². The van der Waals surface area contributed by atoms with Crippen molar-refractivity contribution in [3.63, 3.8) is 0 Å². The van der Waals surface area contributed by atoms with Crippen LogP contribution in [0.25, 0.3) is 0 Å². The topological polar surface area (TPSA) is 102 Å². The Bertz CT molecular complexity index is 993. The third kappa shape index (κ3) is 4.23. The molecule has 0 unspecified atom stereocenters. The summed E-state index contributed by atoms with van der Waals surface area (Å²) in [4.78, 5) is 53.7. The maximum atomic E-state index is 14.0. The van der Waals surface area contributed by atoms with Crippen LogP contribution in [0.15, 0.2) is 42.5 Å². The van der Waals surface area contributed by atoms with Gasteiger partial charge in [0.1, 0.15) is 11.4 Å². The first-order valence-corrected chi connectivity index (χ1v) is 8.56. The minimum Gasteiger partial charge on any atom is -0.444 e. The second-order valence-corrected chi connectivity index (χ2v) is 7.15. The molecule has 0 fully saturated rings. The van der Waals surface area contributed by atoms with Crippen molar-refractivity contribution >= 4 is 29.6 Å². The summed E-state index contributed by atoms with van der Waals surface area (Å²) in [6.45, 7) is 4.91. The molecule has 3 rings (SSSR count). The fraction of sp³-hybridized carbons (Fsp3) is 0.200. The molecule has 0 atom stereocenters. The summed E-state index contributed by atoms with van der Waals surface area (Å²) in [6, 6.07) is 9.06. The van der Waals surface area contributed by atoms with Crippen molar-refractivity contribution in [2.75, 3.05) is 5.32 Å². The van der Waals surface area contributed by atoms with E-state index in [4.69, 9.17) is 9.57 Å². The summed E-state index contributed by atoms with van der Waals surface area (Å²) >= 11 is 0. The van der Waals surface area contributed by atoms with Crippen molar-refractivity contribution in [1.82, 2.24) is 5.06 Å². The average Bonchev–Trinajstić information content (AvgIpc) is 2.87. The number of nitrogens with zero attached hydrogens (tertiary/aromatic N) is 1. The predicted octanol–water partition coefficient (Wildman–Crippen LogP) is 3.54. The van der Waals surface area contributed by atoms with E-state index in [1.54, 1.807) is 32.9 Å². The molecule has 3 amide bonds. The Morgan fingerprint density at radius 2 is 1.59 bits per heavy atom. The quantitative estimate of drug-likeness (QED) is 0.791. The number of rotatable bonds is 3. The summed E-state index contributed by atoms with van der Waals surface area (Å²) in [5.74, 6) is -3.46. The Labute approximate surface area is 165 Å². The highest BCUT2D eigenvalue weighted by Crippen LogP contribution is 2.24. The number of hydrogen-bond donors (Lipinski definition) is 1. The fourth-order valence-corrected chi connectivity index (χ4v) is 2.55. The lowest BCUT2D eigenvalue weighted by atomic mass is 10.1. The third-order valence-electron chi connectivity index (χ3n) is 3.77. The van der Waals surface area contributed by atoms with E-state index in [-0.39, 0.29) is 22.4 Å². The average molecular weight is 400 g/mol. The predicted molar refractivity (Wildman–Crippen MR) is 98.6 cm³/mol. The minimum atomic E-state index is -1.08. The van der Waals surface area contributed by atoms with Gasteiger partial charge in [0, 0.05) is 0 Å². The number of benzene rings is 2. The van der Waals surface area contributed by atoms with Gasteiger partial charge in [-0.25, -0.2) is 14.0 Å². The number of halogens is 1. The standard InChI is InChI=1S/C20H17FN2O6/c1-20(2,3)28-19(27)22-15-10-11(8-9-14(15)21)18(26)29-23-16(24)12-6-4-5-7-13(12)17(23)25/h4-10H,1-3H3,(H,22,27). The van der Waals surface area contributed by atoms with Crippen LogP contribution in [0, 0.1) is 5.82 Å². The maximum Gasteiger partial charge on any atom is 0.412 e. The first kappa shape index (κ1) is 20.0. The molecule has 0 bridgehead atoms. The maximum absolute atomic E-state index is 14.0. The van der Waals surface area contributed by atoms with Crippen molar-refractivity contribution in [3.05, 3.63) is 65.0 Å². The van der Waals surface area contributed by atoms with Gasteiger partial charge >= 0.3 is 12.1 Å². The van der Waals surface area contributed by atoms with Gasteiger partial charge in [0.25, 0.3) is 11.8 Å². The smallest absolute Gasteiger partial charge is 0.412 e. The third-order valence-corrected chi connectivity index (χ3v) is 3.77. The lowest BCUT2D eigenvalue weighted by Gasteiger charge is -2.20. The molecule has 1 aliphatic heterocycles. The van der Waals surface area contributed by atoms with E-state index >= 15 is 0 Å². The van der Waals surface area contributed by atoms with Crippen LogP contribution in [-0.4, -0.2) is 34.5 Å². The van der Waals surface area contributed by atoms with Crippen LogP contribution >= 0.6 is 0 Å². The summed E-state index contributed by atoms with van der Waals surface area (Å²) in [7, 11) is 0. The molecule has 1 aliphatic rings. The molecule has 1 N–H and O–H groups in total. The number of hydrogen-bond acceptors (Lipinski definition) is 6. The normalized spacial score (nSPS) is 13.2. The van der Waals surface area contributed by atoms with Crippen LogP contribution < -0.4 is 5.32 Å². The Hall–Kier alpha value is -3.75. The van der Waals surface area contributed by atoms with Crippen molar-refractivity contribution in [2.45, 2.75) is 26.4 Å². The van der Waals surface area contributed by atoms with Gasteiger partial charge in [-0.3, -0.25) is 14.9 Å². The molecule has 29 heavy (non-hydrogen) atoms. The van der Waals surface area contributed by atoms with Crippen molar-refractivity contribution in [3.8, 4) is 0 Å². The molecule has 9 heteroatoms. The second-order valence-electron chi connectivity index (χ2n) is 7.15. The molecule has 0 saturated carbocycles. The zero-order chi connectivity index (χ0) is 21.3. The molecule has 0 aromatic heterocycles. The van der Waals surface area contributed by atoms with Gasteiger partial charge < -0.3 is 9.57 Å². The molecule has 0 aliphatic carbocycles. The number of anilines is 1. The summed E-state index contributed by atoms with van der Waals surface area (Å²) in [5, 5.41) is 2.54. The number of fused-ring (bicyclic) bond motifs is 1. The molecule has 0 spiro atoms. The molecule has 0 radical (unpaired) electrons. The Morgan fingerprint density at radius 3 is 2.14 bits per heavy atom. The number of nitrogens with one attached hydrogen (secondary N) is 1. The SMILES string of the molecule is CC(C)(C)OC(=O)Nc1cc(C(=O)ON2C(=O)c3ccccc3C2=O)ccc1F. The van der Waals surface area contributed by atoms with Gasteiger partial charge in [-0.1, -0.05) is 17.2 Å². The van der Waals surface area contributed by atoms with Crippen LogP contribution in [-0.2, 0) is 9.57 Å². The van der Waals surface area contributed by atoms with Gasteiger partial charge in [-0.15, -0.1) is 0 Å². The first-order chi connectivity index (χ1) is 13.6. The molecular weight excluding hydrogens is 383 g/mol. The monoisotopic (exact) mass is 400 g/mol. The minimum absolute atomic E-state index is 0.108. The van der Waals surface area contributed by atoms with E-state index in [2.05, 4.69) is 5.32 Å². The van der Waals surface area contributed by atoms with Crippen LogP contribution in [0.5, 0.6) is 0 Å². The van der Waals surface area contributed by atoms with E-state index < -0.39 is 35.3 Å². The number of carbonyl (C=O) groups excluding carboxylic acids is 4. The molecule has 2 aromatic carbocycles. The largest absolute Gasteiger partial charge is 0.444 e. The highest BCUT2D eigenvalue weighted by Gasteiger charge is 2.38. The van der Waals surface area contributed by atoms with Gasteiger partial charge in [0.15, 0.2) is 0 Å². The first-order valence-electron chi connectivity index (χ1n) is 8.56. The fourth-order valence-electron chi connectivity index (χ4n) is 2.55. The van der Waals surface area contributed by atoms with E-state index in [0.29, 0.717) is 5.06 Å². The van der Waals surface area contributed by atoms with Gasteiger partial charge in [0.2, 0.25) is 0 Å². The zero-order valence-corrected chi connectivity index (χ0v) is 15.8. The van der Waals surface area contributed by atoms with Crippen LogP contribution in [0.3, 0.4) is 0 Å². The van der Waals surface area contributed by atoms with Crippen molar-refractivity contribution < 1.29 is 33.1 Å². The van der Waals surface area contributed by atoms with Crippen LogP contribution in [0.4, 0.5) is 14.9 Å². The Balaban J connectivity index is 1.76. The molecule has 0 saturated heterocycles. The number of hydroxylamine groups is 2. The second kappa shape index (κ2) is 7.34. The zero-order valence-electron chi connectivity index (χ0n) is 15.8. The Morgan fingerprint density at radius 1 is 1.00 bits per heavy atom. The molecule has 2 aromatic rings. The van der Waals surface area contributed by atoms with E-state index in [0.717, 1.165) is 18.2 Å². The number of imide groups is 1. The molecule has 8 nitrogen and oxygen atoms in total. The summed E-state index contributed by atoms with van der Waals surface area (Å²) < 4.78 is 19.0. The van der Waals surface area contributed by atoms with Gasteiger partial charge in [-0.2, -0.15) is 0 Å². The van der Waals surface area contributed by atoms with Crippen LogP contribution in [0.2, 0.25) is 0 Å². The van der Waals surface area contributed by atoms with Gasteiger partial charge in [0.05, 0.1) is 22.4 Å². The Kier molecular flexibility index (Phi) is 5.06. The highest BCUT2D eigenvalue weighted by atomic mass is 19.1. The summed E-state index contributed by atoms with van der Waals surface area (Å²) in [5.41, 5.74) is -1.10. The molecule has 1 heterocycles. The lowest BCUT2D eigenvalue weighted by molar-refractivity contribution is -0.0584. The van der Waals surface area contributed by atoms with E-state index in [1.807, 2.05) is 0 Å². The highest BCUT2D eigenvalue weighted by molar-refractivity contribution is 6.21. The van der Waals surface area contributed by atoms with Gasteiger partial charge in [-0.05, 0) is 51.1 Å². The summed E-state index contributed by atoms with van der Waals surface area (Å²) in [6.07, 6.45) is -0.915. The van der Waals surface area contributed by atoms with E-state index in [9.17, 15) is 23.6 Å². The molecular formula is C20H17FN2O6.